The Bertz CT molecular complexity index is 361. The maximum absolute atomic E-state index is 11.9. The maximum Gasteiger partial charge on any atom is 0.292 e. The van der Waals surface area contributed by atoms with Gasteiger partial charge in [0.05, 0.1) is 5.69 Å². The molecule has 0 aromatic carbocycles. The molecule has 0 spiro atoms. The number of likely N-dealkylation sites (N-methyl/N-ethyl adjacent to an activating group) is 1. The van der Waals surface area contributed by atoms with Crippen molar-refractivity contribution in [3.8, 4) is 0 Å². The van der Waals surface area contributed by atoms with E-state index in [0.717, 1.165) is 25.2 Å². The van der Waals surface area contributed by atoms with Gasteiger partial charge in [-0.05, 0) is 20.4 Å². The predicted molar refractivity (Wildman–Crippen MR) is 54.6 cm³/mol. The molecule has 82 valence electrons. The van der Waals surface area contributed by atoms with Gasteiger partial charge in [0.25, 0.3) is 5.91 Å². The van der Waals surface area contributed by atoms with Crippen molar-refractivity contribution < 1.29 is 9.32 Å². The van der Waals surface area contributed by atoms with E-state index in [1.807, 2.05) is 7.05 Å². The highest BCUT2D eigenvalue weighted by Crippen LogP contribution is 2.13. The zero-order chi connectivity index (χ0) is 10.8. The van der Waals surface area contributed by atoms with Crippen molar-refractivity contribution in [1.82, 2.24) is 15.4 Å². The monoisotopic (exact) mass is 209 g/mol. The fraction of sp³-hybridized carbons (Fsp3) is 0.600. The van der Waals surface area contributed by atoms with Gasteiger partial charge in [-0.15, -0.1) is 0 Å². The van der Waals surface area contributed by atoms with Gasteiger partial charge < -0.3 is 14.7 Å². The first-order chi connectivity index (χ1) is 7.20. The lowest BCUT2D eigenvalue weighted by Gasteiger charge is -2.13. The lowest BCUT2D eigenvalue weighted by Crippen LogP contribution is -2.33. The minimum Gasteiger partial charge on any atom is -0.351 e. The number of carbonyl (C=O) groups excluding carboxylic acids is 1. The Morgan fingerprint density at radius 3 is 3.07 bits per heavy atom. The molecule has 5 heteroatoms. The van der Waals surface area contributed by atoms with Gasteiger partial charge in [-0.3, -0.25) is 4.79 Å². The molecule has 1 aliphatic heterocycles. The lowest BCUT2D eigenvalue weighted by molar-refractivity contribution is 0.0748. The zero-order valence-electron chi connectivity index (χ0n) is 8.99. The molecule has 2 heterocycles. The van der Waals surface area contributed by atoms with Crippen LogP contribution in [0.15, 0.2) is 10.6 Å². The first-order valence-corrected chi connectivity index (χ1v) is 5.10. The van der Waals surface area contributed by atoms with Crippen molar-refractivity contribution in [1.29, 1.82) is 0 Å². The van der Waals surface area contributed by atoms with E-state index in [9.17, 15) is 4.79 Å². The van der Waals surface area contributed by atoms with Crippen LogP contribution in [0.3, 0.4) is 0 Å². The van der Waals surface area contributed by atoms with Crippen LogP contribution < -0.4 is 5.32 Å². The van der Waals surface area contributed by atoms with E-state index >= 15 is 0 Å². The van der Waals surface area contributed by atoms with Gasteiger partial charge in [0, 0.05) is 25.2 Å². The molecule has 1 fully saturated rings. The highest BCUT2D eigenvalue weighted by molar-refractivity contribution is 5.91. The Hall–Kier alpha value is -1.36. The summed E-state index contributed by atoms with van der Waals surface area (Å²) in [4.78, 5) is 13.7. The van der Waals surface area contributed by atoms with E-state index in [0.29, 0.717) is 11.8 Å². The smallest absolute Gasteiger partial charge is 0.292 e. The molecule has 1 aliphatic rings. The van der Waals surface area contributed by atoms with Crippen molar-refractivity contribution in [2.24, 2.45) is 0 Å². The molecule has 2 rings (SSSR count). The summed E-state index contributed by atoms with van der Waals surface area (Å²) in [5.41, 5.74) is 0.739. The van der Waals surface area contributed by atoms with Crippen molar-refractivity contribution in [2.75, 3.05) is 20.1 Å². The largest absolute Gasteiger partial charge is 0.351 e. The average Bonchev–Trinajstić information content (AvgIpc) is 2.84. The number of rotatable bonds is 2. The maximum atomic E-state index is 11.9. The first kappa shape index (κ1) is 10.2. The predicted octanol–water partition coefficient (Wildman–Crippen LogP) is 0.417. The summed E-state index contributed by atoms with van der Waals surface area (Å²) in [6.45, 7) is 3.33. The number of aryl methyl sites for hydroxylation is 1. The zero-order valence-corrected chi connectivity index (χ0v) is 8.99. The molecule has 0 aliphatic carbocycles. The minimum absolute atomic E-state index is 0.0617. The first-order valence-electron chi connectivity index (χ1n) is 5.10. The molecule has 1 aromatic rings. The quantitative estimate of drug-likeness (QED) is 0.766. The molecule has 1 atom stereocenters. The number of hydrogen-bond donors (Lipinski definition) is 1. The SMILES string of the molecule is CNC1CCN(C(=O)c2cc(C)no2)C1. The van der Waals surface area contributed by atoms with Crippen molar-refractivity contribution in [3.05, 3.63) is 17.5 Å². The van der Waals surface area contributed by atoms with E-state index < -0.39 is 0 Å². The van der Waals surface area contributed by atoms with E-state index in [1.54, 1.807) is 17.9 Å². The Labute approximate surface area is 88.4 Å². The van der Waals surface area contributed by atoms with Crippen molar-refractivity contribution >= 4 is 5.91 Å². The summed E-state index contributed by atoms with van der Waals surface area (Å²) >= 11 is 0. The normalized spacial score (nSPS) is 20.9. The molecule has 0 bridgehead atoms. The van der Waals surface area contributed by atoms with Gasteiger partial charge >= 0.3 is 0 Å². The number of carbonyl (C=O) groups is 1. The summed E-state index contributed by atoms with van der Waals surface area (Å²) in [6, 6.07) is 2.08. The van der Waals surface area contributed by atoms with Crippen LogP contribution in [0.1, 0.15) is 22.7 Å². The van der Waals surface area contributed by atoms with E-state index in [4.69, 9.17) is 4.52 Å². The third-order valence-electron chi connectivity index (χ3n) is 2.72. The third-order valence-corrected chi connectivity index (χ3v) is 2.72. The molecule has 0 saturated carbocycles. The molecule has 1 aromatic heterocycles. The molecule has 15 heavy (non-hydrogen) atoms. The number of likely N-dealkylation sites (tertiary alicyclic amines) is 1. The Morgan fingerprint density at radius 1 is 1.73 bits per heavy atom. The van der Waals surface area contributed by atoms with Crippen LogP contribution in [0.5, 0.6) is 0 Å². The van der Waals surface area contributed by atoms with Gasteiger partial charge in [0.1, 0.15) is 0 Å². The number of hydrogen-bond acceptors (Lipinski definition) is 4. The summed E-state index contributed by atoms with van der Waals surface area (Å²) in [7, 11) is 1.91. The second-order valence-electron chi connectivity index (χ2n) is 3.86. The number of aromatic nitrogens is 1. The van der Waals surface area contributed by atoms with Gasteiger partial charge in [0.2, 0.25) is 5.76 Å². The summed E-state index contributed by atoms with van der Waals surface area (Å²) in [5, 5.41) is 6.88. The van der Waals surface area contributed by atoms with E-state index in [2.05, 4.69) is 10.5 Å². The minimum atomic E-state index is -0.0617. The molecule has 1 unspecified atom stereocenters. The Kier molecular flexibility index (Phi) is 2.73. The molecule has 1 saturated heterocycles. The van der Waals surface area contributed by atoms with E-state index in [1.165, 1.54) is 0 Å². The third kappa shape index (κ3) is 2.02. The number of nitrogens with one attached hydrogen (secondary N) is 1. The average molecular weight is 209 g/mol. The van der Waals surface area contributed by atoms with Gasteiger partial charge in [-0.1, -0.05) is 5.16 Å². The summed E-state index contributed by atoms with van der Waals surface area (Å²) < 4.78 is 4.95. The van der Waals surface area contributed by atoms with Crippen LogP contribution in [-0.4, -0.2) is 42.1 Å². The second-order valence-corrected chi connectivity index (χ2v) is 3.86. The van der Waals surface area contributed by atoms with Crippen molar-refractivity contribution in [2.45, 2.75) is 19.4 Å². The number of amides is 1. The molecular weight excluding hydrogens is 194 g/mol. The van der Waals surface area contributed by atoms with Crippen LogP contribution in [0.4, 0.5) is 0 Å². The topological polar surface area (TPSA) is 58.4 Å². The van der Waals surface area contributed by atoms with Crippen LogP contribution >= 0.6 is 0 Å². The highest BCUT2D eigenvalue weighted by atomic mass is 16.5. The van der Waals surface area contributed by atoms with Gasteiger partial charge in [0.15, 0.2) is 0 Å². The lowest BCUT2D eigenvalue weighted by atomic mass is 10.3. The fourth-order valence-corrected chi connectivity index (χ4v) is 1.80. The molecule has 5 nitrogen and oxygen atoms in total. The second kappa shape index (κ2) is 4.02. The molecule has 0 radical (unpaired) electrons. The Morgan fingerprint density at radius 2 is 2.53 bits per heavy atom. The van der Waals surface area contributed by atoms with E-state index in [-0.39, 0.29) is 5.91 Å². The molecular formula is C10H15N3O2. The van der Waals surface area contributed by atoms with Gasteiger partial charge in [-0.2, -0.15) is 0 Å². The van der Waals surface area contributed by atoms with Crippen LogP contribution in [0.25, 0.3) is 0 Å². The summed E-state index contributed by atoms with van der Waals surface area (Å²) in [5.74, 6) is 0.276. The van der Waals surface area contributed by atoms with Crippen LogP contribution in [-0.2, 0) is 0 Å². The van der Waals surface area contributed by atoms with Crippen LogP contribution in [0.2, 0.25) is 0 Å². The molecule has 1 amide bonds. The Balaban J connectivity index is 2.03. The standard InChI is InChI=1S/C10H15N3O2/c1-7-5-9(15-12-7)10(14)13-4-3-8(6-13)11-2/h5,8,11H,3-4,6H2,1-2H3. The van der Waals surface area contributed by atoms with Crippen LogP contribution in [0, 0.1) is 6.92 Å². The number of nitrogens with zero attached hydrogens (tertiary/aromatic N) is 2. The summed E-state index contributed by atoms with van der Waals surface area (Å²) in [6.07, 6.45) is 0.995. The van der Waals surface area contributed by atoms with Gasteiger partial charge in [-0.25, -0.2) is 0 Å². The fourth-order valence-electron chi connectivity index (χ4n) is 1.80. The highest BCUT2D eigenvalue weighted by Gasteiger charge is 2.27. The molecule has 1 N–H and O–H groups in total. The van der Waals surface area contributed by atoms with Crippen molar-refractivity contribution in [3.63, 3.8) is 0 Å².